The van der Waals surface area contributed by atoms with Gasteiger partial charge in [-0.3, -0.25) is 9.69 Å². The molecule has 0 radical (unpaired) electrons. The van der Waals surface area contributed by atoms with Gasteiger partial charge >= 0.3 is 0 Å². The zero-order chi connectivity index (χ0) is 20.6. The number of thiazole rings is 1. The highest BCUT2D eigenvalue weighted by molar-refractivity contribution is 7.09. The Kier molecular flexibility index (Phi) is 7.89. The lowest BCUT2D eigenvalue weighted by Gasteiger charge is -2.31. The van der Waals surface area contributed by atoms with Gasteiger partial charge in [-0.25, -0.2) is 4.98 Å². The maximum absolute atomic E-state index is 12.2. The Labute approximate surface area is 177 Å². The molecule has 29 heavy (non-hydrogen) atoms. The molecule has 1 saturated heterocycles. The standard InChI is InChI=1S/C22H31N3O3S/c1-16-4-5-20(21(12-16)27-3)28-11-8-22(26)23-13-18-6-9-25(10-7-18)14-19-15-29-17(2)24-19/h4-5,12,15,18H,6-11,13-14H2,1-3H3,(H,23,26). The van der Waals surface area contributed by atoms with Gasteiger partial charge in [0.15, 0.2) is 11.5 Å². The van der Waals surface area contributed by atoms with Crippen LogP contribution in [0.3, 0.4) is 0 Å². The molecule has 3 rings (SSSR count). The van der Waals surface area contributed by atoms with Crippen molar-refractivity contribution in [3.05, 3.63) is 39.8 Å². The Bertz CT molecular complexity index is 800. The van der Waals surface area contributed by atoms with Crippen LogP contribution in [0.25, 0.3) is 0 Å². The molecule has 1 N–H and O–H groups in total. The summed E-state index contributed by atoms with van der Waals surface area (Å²) < 4.78 is 11.0. The number of carbonyl (C=O) groups is 1. The number of aromatic nitrogens is 1. The van der Waals surface area contributed by atoms with Crippen LogP contribution in [0, 0.1) is 19.8 Å². The number of nitrogens with one attached hydrogen (secondary N) is 1. The van der Waals surface area contributed by atoms with Gasteiger partial charge in [0.1, 0.15) is 0 Å². The molecule has 158 valence electrons. The van der Waals surface area contributed by atoms with Gasteiger partial charge in [0, 0.05) is 18.5 Å². The van der Waals surface area contributed by atoms with Crippen LogP contribution in [-0.4, -0.2) is 49.1 Å². The molecule has 0 aliphatic carbocycles. The number of hydrogen-bond donors (Lipinski definition) is 1. The smallest absolute Gasteiger partial charge is 0.223 e. The van der Waals surface area contributed by atoms with E-state index in [9.17, 15) is 4.79 Å². The van der Waals surface area contributed by atoms with Gasteiger partial charge in [-0.1, -0.05) is 6.07 Å². The number of hydrogen-bond acceptors (Lipinski definition) is 6. The zero-order valence-corrected chi connectivity index (χ0v) is 18.4. The van der Waals surface area contributed by atoms with E-state index in [1.54, 1.807) is 18.4 Å². The minimum absolute atomic E-state index is 0.0384. The van der Waals surface area contributed by atoms with Crippen molar-refractivity contribution in [2.75, 3.05) is 33.4 Å². The summed E-state index contributed by atoms with van der Waals surface area (Å²) in [4.78, 5) is 19.2. The predicted octanol–water partition coefficient (Wildman–Crippen LogP) is 3.57. The second-order valence-electron chi connectivity index (χ2n) is 7.63. The van der Waals surface area contributed by atoms with Crippen LogP contribution in [0.4, 0.5) is 0 Å². The Hall–Kier alpha value is -2.12. The zero-order valence-electron chi connectivity index (χ0n) is 17.6. The topological polar surface area (TPSA) is 63.7 Å². The van der Waals surface area contributed by atoms with Gasteiger partial charge in [0.05, 0.1) is 30.8 Å². The van der Waals surface area contributed by atoms with Crippen molar-refractivity contribution in [3.8, 4) is 11.5 Å². The Morgan fingerprint density at radius 2 is 2.07 bits per heavy atom. The first-order valence-electron chi connectivity index (χ1n) is 10.2. The second kappa shape index (κ2) is 10.6. The number of benzene rings is 1. The molecule has 0 spiro atoms. The van der Waals surface area contributed by atoms with Gasteiger partial charge in [0.25, 0.3) is 0 Å². The molecule has 0 atom stereocenters. The summed E-state index contributed by atoms with van der Waals surface area (Å²) in [6.45, 7) is 8.20. The van der Waals surface area contributed by atoms with Crippen molar-refractivity contribution >= 4 is 17.2 Å². The van der Waals surface area contributed by atoms with Crippen LogP contribution < -0.4 is 14.8 Å². The third-order valence-corrected chi connectivity index (χ3v) is 6.08. The highest BCUT2D eigenvalue weighted by Gasteiger charge is 2.20. The number of methoxy groups -OCH3 is 1. The van der Waals surface area contributed by atoms with Crippen LogP contribution in [0.5, 0.6) is 11.5 Å². The molecule has 1 aliphatic heterocycles. The fraction of sp³-hybridized carbons (Fsp3) is 0.545. The first kappa shape index (κ1) is 21.6. The summed E-state index contributed by atoms with van der Waals surface area (Å²) in [5.74, 6) is 1.96. The molecule has 0 saturated carbocycles. The first-order chi connectivity index (χ1) is 14.0. The summed E-state index contributed by atoms with van der Waals surface area (Å²) in [6.07, 6.45) is 2.57. The number of aryl methyl sites for hydroxylation is 2. The van der Waals surface area contributed by atoms with E-state index in [-0.39, 0.29) is 5.91 Å². The quantitative estimate of drug-likeness (QED) is 0.676. The molecular weight excluding hydrogens is 386 g/mol. The second-order valence-corrected chi connectivity index (χ2v) is 8.70. The minimum Gasteiger partial charge on any atom is -0.493 e. The molecule has 1 aromatic carbocycles. The predicted molar refractivity (Wildman–Crippen MR) is 116 cm³/mol. The number of nitrogens with zero attached hydrogens (tertiary/aromatic N) is 2. The molecule has 0 bridgehead atoms. The van der Waals surface area contributed by atoms with Crippen LogP contribution in [0.15, 0.2) is 23.6 Å². The highest BCUT2D eigenvalue weighted by atomic mass is 32.1. The van der Waals surface area contributed by atoms with E-state index >= 15 is 0 Å². The summed E-state index contributed by atoms with van der Waals surface area (Å²) in [5, 5.41) is 6.34. The summed E-state index contributed by atoms with van der Waals surface area (Å²) in [6, 6.07) is 5.78. The Morgan fingerprint density at radius 3 is 2.76 bits per heavy atom. The van der Waals surface area contributed by atoms with E-state index in [1.165, 1.54) is 5.69 Å². The highest BCUT2D eigenvalue weighted by Crippen LogP contribution is 2.27. The average Bonchev–Trinajstić information content (AvgIpc) is 3.13. The van der Waals surface area contributed by atoms with E-state index in [0.29, 0.717) is 30.4 Å². The van der Waals surface area contributed by atoms with Crippen LogP contribution >= 0.6 is 11.3 Å². The van der Waals surface area contributed by atoms with Crippen molar-refractivity contribution in [2.24, 2.45) is 5.92 Å². The third kappa shape index (κ3) is 6.72. The fourth-order valence-corrected chi connectivity index (χ4v) is 4.16. The maximum Gasteiger partial charge on any atom is 0.223 e. The number of carbonyl (C=O) groups excluding carboxylic acids is 1. The average molecular weight is 418 g/mol. The van der Waals surface area contributed by atoms with Crippen LogP contribution in [-0.2, 0) is 11.3 Å². The van der Waals surface area contributed by atoms with Gasteiger partial charge < -0.3 is 14.8 Å². The van der Waals surface area contributed by atoms with Crippen molar-refractivity contribution in [3.63, 3.8) is 0 Å². The van der Waals surface area contributed by atoms with E-state index < -0.39 is 0 Å². The van der Waals surface area contributed by atoms with Crippen molar-refractivity contribution in [1.82, 2.24) is 15.2 Å². The molecular formula is C22H31N3O3S. The summed E-state index contributed by atoms with van der Waals surface area (Å²) in [7, 11) is 1.62. The molecule has 7 heteroatoms. The largest absolute Gasteiger partial charge is 0.493 e. The number of ether oxygens (including phenoxy) is 2. The lowest BCUT2D eigenvalue weighted by molar-refractivity contribution is -0.121. The Balaban J connectivity index is 1.31. The minimum atomic E-state index is 0.0384. The fourth-order valence-electron chi connectivity index (χ4n) is 3.55. The normalized spacial score (nSPS) is 15.3. The number of rotatable bonds is 9. The number of amides is 1. The Morgan fingerprint density at radius 1 is 1.28 bits per heavy atom. The van der Waals surface area contributed by atoms with Gasteiger partial charge in [-0.15, -0.1) is 11.3 Å². The third-order valence-electron chi connectivity index (χ3n) is 5.25. The first-order valence-corrected chi connectivity index (χ1v) is 11.1. The van der Waals surface area contributed by atoms with Crippen LogP contribution in [0.1, 0.15) is 35.5 Å². The molecule has 2 heterocycles. The summed E-state index contributed by atoms with van der Waals surface area (Å²) in [5.41, 5.74) is 2.28. The van der Waals surface area contributed by atoms with Crippen molar-refractivity contribution in [2.45, 2.75) is 39.7 Å². The molecule has 1 amide bonds. The lowest BCUT2D eigenvalue weighted by atomic mass is 9.96. The van der Waals surface area contributed by atoms with E-state index in [0.717, 1.165) is 49.6 Å². The monoisotopic (exact) mass is 417 g/mol. The molecule has 1 aliphatic rings. The van der Waals surface area contributed by atoms with E-state index in [1.807, 2.05) is 32.0 Å². The van der Waals surface area contributed by atoms with E-state index in [2.05, 4.69) is 20.6 Å². The van der Waals surface area contributed by atoms with Gasteiger partial charge in [-0.2, -0.15) is 0 Å². The number of piperidine rings is 1. The van der Waals surface area contributed by atoms with E-state index in [4.69, 9.17) is 9.47 Å². The van der Waals surface area contributed by atoms with Crippen molar-refractivity contribution < 1.29 is 14.3 Å². The molecule has 1 aromatic heterocycles. The molecule has 0 unspecified atom stereocenters. The lowest BCUT2D eigenvalue weighted by Crippen LogP contribution is -2.38. The molecule has 2 aromatic rings. The van der Waals surface area contributed by atoms with Crippen molar-refractivity contribution in [1.29, 1.82) is 0 Å². The molecule has 6 nitrogen and oxygen atoms in total. The molecule has 1 fully saturated rings. The maximum atomic E-state index is 12.2. The summed E-state index contributed by atoms with van der Waals surface area (Å²) >= 11 is 1.71. The van der Waals surface area contributed by atoms with Crippen LogP contribution in [0.2, 0.25) is 0 Å². The number of likely N-dealkylation sites (tertiary alicyclic amines) is 1. The van der Waals surface area contributed by atoms with Gasteiger partial charge in [0.2, 0.25) is 5.91 Å². The van der Waals surface area contributed by atoms with Gasteiger partial charge in [-0.05, 0) is 63.4 Å². The SMILES string of the molecule is COc1cc(C)ccc1OCCC(=O)NCC1CCN(Cc2csc(C)n2)CC1.